The molecule has 0 saturated heterocycles. The van der Waals surface area contributed by atoms with E-state index in [0.29, 0.717) is 11.4 Å². The Hall–Kier alpha value is -2.70. The maximum absolute atomic E-state index is 12.3. The average Bonchev–Trinajstić information content (AvgIpc) is 3.03. The molecule has 0 fully saturated rings. The third kappa shape index (κ3) is 4.77. The summed E-state index contributed by atoms with van der Waals surface area (Å²) in [5.41, 5.74) is 0.928. The topological polar surface area (TPSA) is 72.5 Å². The van der Waals surface area contributed by atoms with E-state index in [4.69, 9.17) is 16.3 Å². The number of esters is 1. The monoisotopic (exact) mass is 415 g/mol. The predicted molar refractivity (Wildman–Crippen MR) is 110 cm³/mol. The molecule has 144 valence electrons. The first kappa shape index (κ1) is 20.0. The predicted octanol–water partition coefficient (Wildman–Crippen LogP) is 4.03. The van der Waals surface area contributed by atoms with Crippen LogP contribution in [-0.2, 0) is 20.7 Å². The fourth-order valence-corrected chi connectivity index (χ4v) is 4.13. The SMILES string of the molecule is CC(=O)[C@@H](Cc1ccccc1)NC(=O)COC(=O)c1sc2ccccc2c1Cl. The number of amides is 1. The molecular weight excluding hydrogens is 398 g/mol. The van der Waals surface area contributed by atoms with E-state index in [1.807, 2.05) is 54.6 Å². The molecule has 0 aliphatic heterocycles. The van der Waals surface area contributed by atoms with E-state index in [1.165, 1.54) is 18.3 Å². The normalized spacial score (nSPS) is 11.8. The summed E-state index contributed by atoms with van der Waals surface area (Å²) >= 11 is 7.46. The molecule has 1 amide bonds. The summed E-state index contributed by atoms with van der Waals surface area (Å²) in [7, 11) is 0. The summed E-state index contributed by atoms with van der Waals surface area (Å²) in [4.78, 5) is 36.6. The molecule has 2 aromatic carbocycles. The van der Waals surface area contributed by atoms with Crippen LogP contribution in [-0.4, -0.2) is 30.3 Å². The van der Waals surface area contributed by atoms with Crippen molar-refractivity contribution in [1.29, 1.82) is 0 Å². The third-order valence-electron chi connectivity index (χ3n) is 4.16. The van der Waals surface area contributed by atoms with E-state index in [-0.39, 0.29) is 10.7 Å². The smallest absolute Gasteiger partial charge is 0.350 e. The number of carbonyl (C=O) groups excluding carboxylic acids is 3. The van der Waals surface area contributed by atoms with Gasteiger partial charge in [0.15, 0.2) is 12.4 Å². The van der Waals surface area contributed by atoms with Crippen molar-refractivity contribution < 1.29 is 19.1 Å². The molecule has 5 nitrogen and oxygen atoms in total. The van der Waals surface area contributed by atoms with Gasteiger partial charge in [0.05, 0.1) is 11.1 Å². The zero-order chi connectivity index (χ0) is 20.1. The van der Waals surface area contributed by atoms with Crippen LogP contribution in [0.3, 0.4) is 0 Å². The molecule has 0 radical (unpaired) electrons. The maximum Gasteiger partial charge on any atom is 0.350 e. The first-order valence-corrected chi connectivity index (χ1v) is 9.83. The van der Waals surface area contributed by atoms with Crippen molar-refractivity contribution in [2.45, 2.75) is 19.4 Å². The van der Waals surface area contributed by atoms with Crippen LogP contribution in [0.15, 0.2) is 54.6 Å². The molecule has 3 rings (SSSR count). The van der Waals surface area contributed by atoms with Crippen LogP contribution in [0.4, 0.5) is 0 Å². The fourth-order valence-electron chi connectivity index (χ4n) is 2.72. The van der Waals surface area contributed by atoms with Gasteiger partial charge in [-0.1, -0.05) is 60.1 Å². The van der Waals surface area contributed by atoms with Crippen LogP contribution >= 0.6 is 22.9 Å². The molecule has 0 spiro atoms. The van der Waals surface area contributed by atoms with Gasteiger partial charge in [-0.05, 0) is 25.0 Å². The number of fused-ring (bicyclic) bond motifs is 1. The van der Waals surface area contributed by atoms with Crippen molar-refractivity contribution >= 4 is 50.7 Å². The average molecular weight is 416 g/mol. The van der Waals surface area contributed by atoms with Gasteiger partial charge in [-0.25, -0.2) is 4.79 Å². The van der Waals surface area contributed by atoms with E-state index in [1.54, 1.807) is 0 Å². The van der Waals surface area contributed by atoms with Gasteiger partial charge in [-0.2, -0.15) is 0 Å². The van der Waals surface area contributed by atoms with Crippen LogP contribution < -0.4 is 5.32 Å². The second kappa shape index (κ2) is 8.99. The number of ether oxygens (including phenoxy) is 1. The minimum Gasteiger partial charge on any atom is -0.451 e. The summed E-state index contributed by atoms with van der Waals surface area (Å²) < 4.78 is 5.96. The Morgan fingerprint density at radius 3 is 2.43 bits per heavy atom. The van der Waals surface area contributed by atoms with Crippen molar-refractivity contribution in [3.8, 4) is 0 Å². The Morgan fingerprint density at radius 2 is 1.75 bits per heavy atom. The van der Waals surface area contributed by atoms with Gasteiger partial charge < -0.3 is 10.1 Å². The van der Waals surface area contributed by atoms with Crippen molar-refractivity contribution in [2.24, 2.45) is 0 Å². The Balaban J connectivity index is 1.59. The lowest BCUT2D eigenvalue weighted by Gasteiger charge is -2.16. The van der Waals surface area contributed by atoms with E-state index in [9.17, 15) is 14.4 Å². The second-order valence-corrected chi connectivity index (χ2v) is 7.67. The van der Waals surface area contributed by atoms with E-state index >= 15 is 0 Å². The van der Waals surface area contributed by atoms with Crippen molar-refractivity contribution in [3.63, 3.8) is 0 Å². The molecular formula is C21H18ClNO4S. The standard InChI is InChI=1S/C21H18ClNO4S/c1-13(24)16(11-14-7-3-2-4-8-14)23-18(25)12-27-21(26)20-19(22)15-9-5-6-10-17(15)28-20/h2-10,16H,11-12H2,1H3,(H,23,25)/t16-/m1/s1. The molecule has 7 heteroatoms. The summed E-state index contributed by atoms with van der Waals surface area (Å²) in [5, 5.41) is 3.70. The summed E-state index contributed by atoms with van der Waals surface area (Å²) in [5.74, 6) is -1.37. The lowest BCUT2D eigenvalue weighted by Crippen LogP contribution is -2.43. The van der Waals surface area contributed by atoms with Gasteiger partial charge in [0.25, 0.3) is 5.91 Å². The molecule has 3 aromatic rings. The quantitative estimate of drug-likeness (QED) is 0.591. The van der Waals surface area contributed by atoms with E-state index < -0.39 is 24.5 Å². The van der Waals surface area contributed by atoms with Gasteiger partial charge in [-0.15, -0.1) is 11.3 Å². The number of benzene rings is 2. The lowest BCUT2D eigenvalue weighted by atomic mass is 10.0. The minimum atomic E-state index is -0.679. The number of rotatable bonds is 7. The van der Waals surface area contributed by atoms with Crippen LogP contribution in [0.5, 0.6) is 0 Å². The number of carbonyl (C=O) groups is 3. The molecule has 0 aliphatic rings. The molecule has 1 N–H and O–H groups in total. The minimum absolute atomic E-state index is 0.170. The highest BCUT2D eigenvalue weighted by molar-refractivity contribution is 7.21. The summed E-state index contributed by atoms with van der Waals surface area (Å²) in [6, 6.07) is 16.1. The van der Waals surface area contributed by atoms with Gasteiger partial charge in [0.1, 0.15) is 4.88 Å². The van der Waals surface area contributed by atoms with Crippen LogP contribution in [0.1, 0.15) is 22.2 Å². The first-order chi connectivity index (χ1) is 13.5. The molecule has 0 saturated carbocycles. The molecule has 0 bridgehead atoms. The molecule has 1 aromatic heterocycles. The molecule has 1 heterocycles. The number of nitrogens with one attached hydrogen (secondary N) is 1. The zero-order valence-corrected chi connectivity index (χ0v) is 16.7. The summed E-state index contributed by atoms with van der Waals surface area (Å²) in [6.45, 7) is 0.929. The number of halogens is 1. The van der Waals surface area contributed by atoms with Crippen LogP contribution in [0, 0.1) is 0 Å². The zero-order valence-electron chi connectivity index (χ0n) is 15.1. The lowest BCUT2D eigenvalue weighted by molar-refractivity contribution is -0.128. The Labute approximate surface area is 171 Å². The number of hydrogen-bond donors (Lipinski definition) is 1. The summed E-state index contributed by atoms with van der Waals surface area (Å²) in [6.07, 6.45) is 0.373. The van der Waals surface area contributed by atoms with Gasteiger partial charge >= 0.3 is 5.97 Å². The molecule has 1 atom stereocenters. The number of Topliss-reactive ketones (excluding diaryl/α,β-unsaturated/α-hetero) is 1. The van der Waals surface area contributed by atoms with Crippen molar-refractivity contribution in [2.75, 3.05) is 6.61 Å². The van der Waals surface area contributed by atoms with Crippen molar-refractivity contribution in [1.82, 2.24) is 5.32 Å². The fraction of sp³-hybridized carbons (Fsp3) is 0.190. The highest BCUT2D eigenvalue weighted by atomic mass is 35.5. The van der Waals surface area contributed by atoms with Gasteiger partial charge in [0.2, 0.25) is 0 Å². The molecule has 28 heavy (non-hydrogen) atoms. The van der Waals surface area contributed by atoms with Gasteiger partial charge in [0, 0.05) is 10.1 Å². The van der Waals surface area contributed by atoms with E-state index in [2.05, 4.69) is 5.32 Å². The Morgan fingerprint density at radius 1 is 1.07 bits per heavy atom. The van der Waals surface area contributed by atoms with Crippen LogP contribution in [0.25, 0.3) is 10.1 Å². The van der Waals surface area contributed by atoms with Crippen molar-refractivity contribution in [3.05, 3.63) is 70.1 Å². The van der Waals surface area contributed by atoms with E-state index in [0.717, 1.165) is 15.6 Å². The first-order valence-electron chi connectivity index (χ1n) is 8.63. The number of thiophene rings is 1. The highest BCUT2D eigenvalue weighted by Gasteiger charge is 2.21. The number of hydrogen-bond acceptors (Lipinski definition) is 5. The third-order valence-corrected chi connectivity index (χ3v) is 5.82. The molecule has 0 aliphatic carbocycles. The highest BCUT2D eigenvalue weighted by Crippen LogP contribution is 2.35. The van der Waals surface area contributed by atoms with Crippen LogP contribution in [0.2, 0.25) is 5.02 Å². The van der Waals surface area contributed by atoms with Gasteiger partial charge in [-0.3, -0.25) is 9.59 Å². The number of ketones is 1. The maximum atomic E-state index is 12.3. The Bertz CT molecular complexity index is 1020. The second-order valence-electron chi connectivity index (χ2n) is 6.24. The molecule has 0 unspecified atom stereocenters. The largest absolute Gasteiger partial charge is 0.451 e. The Kier molecular flexibility index (Phi) is 6.44.